The molecule has 0 fully saturated rings. The summed E-state index contributed by atoms with van der Waals surface area (Å²) >= 11 is 1.31. The van der Waals surface area contributed by atoms with Crippen molar-refractivity contribution in [1.29, 1.82) is 0 Å². The van der Waals surface area contributed by atoms with Gasteiger partial charge in [-0.25, -0.2) is 9.37 Å². The number of fused-ring (bicyclic) bond motifs is 2. The zero-order valence-corrected chi connectivity index (χ0v) is 13.7. The Bertz CT molecular complexity index is 940. The lowest BCUT2D eigenvalue weighted by atomic mass is 10.1. The monoisotopic (exact) mass is 336 g/mol. The number of hydrogen-bond donors (Lipinski definition) is 0. The van der Waals surface area contributed by atoms with E-state index in [0.29, 0.717) is 21.2 Å². The molecule has 0 N–H and O–H groups in total. The van der Waals surface area contributed by atoms with Crippen molar-refractivity contribution in [3.05, 3.63) is 77.7 Å². The number of carbonyl (C=O) groups excluding carboxylic acids is 1. The Hall–Kier alpha value is -2.66. The van der Waals surface area contributed by atoms with E-state index in [2.05, 4.69) is 4.98 Å². The first kappa shape index (κ1) is 14.9. The molecule has 1 amide bonds. The molecule has 0 aliphatic carbocycles. The summed E-state index contributed by atoms with van der Waals surface area (Å²) < 4.78 is 13.7. The molecule has 2 aromatic carbocycles. The Morgan fingerprint density at radius 2 is 1.88 bits per heavy atom. The fraction of sp³-hybridized carbons (Fsp3) is 0.0526. The molecule has 0 unspecified atom stereocenters. The van der Waals surface area contributed by atoms with Crippen LogP contribution >= 0.6 is 11.8 Å². The van der Waals surface area contributed by atoms with Crippen LogP contribution in [0.5, 0.6) is 0 Å². The average Bonchev–Trinajstić information content (AvgIpc) is 2.70. The van der Waals surface area contributed by atoms with Crippen LogP contribution in [0.15, 0.2) is 70.7 Å². The van der Waals surface area contributed by atoms with Crippen molar-refractivity contribution in [2.24, 2.45) is 0 Å². The zero-order chi connectivity index (χ0) is 16.7. The number of carbonyl (C=O) groups is 1. The molecule has 0 atom stereocenters. The minimum absolute atomic E-state index is 0.167. The lowest BCUT2D eigenvalue weighted by molar-refractivity contribution is 0.0996. The fourth-order valence-corrected chi connectivity index (χ4v) is 3.70. The van der Waals surface area contributed by atoms with E-state index in [0.717, 1.165) is 11.3 Å². The quantitative estimate of drug-likeness (QED) is 0.629. The number of aromatic nitrogens is 1. The van der Waals surface area contributed by atoms with Gasteiger partial charge in [-0.05, 0) is 49.4 Å². The van der Waals surface area contributed by atoms with Crippen molar-refractivity contribution in [3.63, 3.8) is 0 Å². The number of halogens is 1. The van der Waals surface area contributed by atoms with Crippen molar-refractivity contribution in [3.8, 4) is 0 Å². The smallest absolute Gasteiger partial charge is 0.265 e. The summed E-state index contributed by atoms with van der Waals surface area (Å²) in [5, 5.41) is 0.587. The number of anilines is 2. The Labute approximate surface area is 143 Å². The number of hydrogen-bond acceptors (Lipinski definition) is 3. The van der Waals surface area contributed by atoms with Gasteiger partial charge >= 0.3 is 0 Å². The summed E-state index contributed by atoms with van der Waals surface area (Å²) in [5.74, 6) is -0.503. The number of amides is 1. The SMILES string of the molecule is Cc1ccc(N2C(=O)c3cccnc3Sc3cc(F)ccc32)cc1. The van der Waals surface area contributed by atoms with Crippen LogP contribution in [0.3, 0.4) is 0 Å². The number of rotatable bonds is 1. The number of benzene rings is 2. The first-order chi connectivity index (χ1) is 11.6. The normalized spacial score (nSPS) is 13.2. The predicted octanol–water partition coefficient (Wildman–Crippen LogP) is 4.97. The molecule has 5 heteroatoms. The van der Waals surface area contributed by atoms with Gasteiger partial charge in [-0.15, -0.1) is 0 Å². The second-order valence-electron chi connectivity index (χ2n) is 5.55. The van der Waals surface area contributed by atoms with E-state index in [4.69, 9.17) is 0 Å². The van der Waals surface area contributed by atoms with Gasteiger partial charge in [0.2, 0.25) is 0 Å². The lowest BCUT2D eigenvalue weighted by Crippen LogP contribution is -2.26. The maximum Gasteiger partial charge on any atom is 0.265 e. The summed E-state index contributed by atoms with van der Waals surface area (Å²) in [7, 11) is 0. The van der Waals surface area contributed by atoms with Crippen LogP contribution < -0.4 is 4.90 Å². The molecule has 1 aliphatic heterocycles. The van der Waals surface area contributed by atoms with Gasteiger partial charge in [-0.3, -0.25) is 9.69 Å². The third-order valence-corrected chi connectivity index (χ3v) is 4.93. The Balaban J connectivity index is 1.97. The first-order valence-electron chi connectivity index (χ1n) is 7.47. The van der Waals surface area contributed by atoms with Crippen LogP contribution in [-0.2, 0) is 0 Å². The van der Waals surface area contributed by atoms with E-state index in [-0.39, 0.29) is 11.7 Å². The molecule has 3 aromatic rings. The second kappa shape index (κ2) is 5.76. The molecule has 0 radical (unpaired) electrons. The third kappa shape index (κ3) is 2.47. The highest BCUT2D eigenvalue weighted by atomic mass is 32.2. The molecule has 0 saturated carbocycles. The molecule has 0 bridgehead atoms. The van der Waals surface area contributed by atoms with E-state index in [1.807, 2.05) is 31.2 Å². The summed E-state index contributed by atoms with van der Waals surface area (Å²) in [5.41, 5.74) is 3.03. The van der Waals surface area contributed by atoms with Crippen LogP contribution in [0.2, 0.25) is 0 Å². The van der Waals surface area contributed by atoms with Gasteiger partial charge in [0.05, 0.1) is 11.3 Å². The molecule has 0 saturated heterocycles. The maximum atomic E-state index is 13.7. The fourth-order valence-electron chi connectivity index (χ4n) is 2.67. The lowest BCUT2D eigenvalue weighted by Gasteiger charge is -2.23. The first-order valence-corrected chi connectivity index (χ1v) is 8.29. The standard InChI is InChI=1S/C19H13FN2OS/c1-12-4-7-14(8-5-12)22-16-9-6-13(20)11-17(16)24-18-15(19(22)23)3-2-10-21-18/h2-11H,1H3. The molecule has 2 heterocycles. The third-order valence-electron chi connectivity index (χ3n) is 3.87. The van der Waals surface area contributed by atoms with Crippen molar-refractivity contribution in [1.82, 2.24) is 4.98 Å². The Morgan fingerprint density at radius 3 is 2.67 bits per heavy atom. The summed E-state index contributed by atoms with van der Waals surface area (Å²) in [4.78, 5) is 19.7. The van der Waals surface area contributed by atoms with Gasteiger partial charge < -0.3 is 0 Å². The molecule has 0 spiro atoms. The van der Waals surface area contributed by atoms with Gasteiger partial charge in [0.15, 0.2) is 0 Å². The highest BCUT2D eigenvalue weighted by Gasteiger charge is 2.29. The predicted molar refractivity (Wildman–Crippen MR) is 92.4 cm³/mol. The summed E-state index contributed by atoms with van der Waals surface area (Å²) in [6.07, 6.45) is 1.64. The van der Waals surface area contributed by atoms with Crippen LogP contribution in [0.4, 0.5) is 15.8 Å². The van der Waals surface area contributed by atoms with E-state index >= 15 is 0 Å². The molecular weight excluding hydrogens is 323 g/mol. The maximum absolute atomic E-state index is 13.7. The molecule has 24 heavy (non-hydrogen) atoms. The highest BCUT2D eigenvalue weighted by Crippen LogP contribution is 2.43. The van der Waals surface area contributed by atoms with E-state index in [1.165, 1.54) is 23.9 Å². The summed E-state index contributed by atoms with van der Waals surface area (Å²) in [6.45, 7) is 1.99. The van der Waals surface area contributed by atoms with E-state index in [9.17, 15) is 9.18 Å². The minimum atomic E-state index is -0.336. The van der Waals surface area contributed by atoms with Crippen molar-refractivity contribution in [2.75, 3.05) is 4.90 Å². The van der Waals surface area contributed by atoms with Gasteiger partial charge in [-0.1, -0.05) is 29.5 Å². The molecular formula is C19H13FN2OS. The Morgan fingerprint density at radius 1 is 1.08 bits per heavy atom. The van der Waals surface area contributed by atoms with Gasteiger partial charge in [0.1, 0.15) is 10.8 Å². The van der Waals surface area contributed by atoms with Crippen molar-refractivity contribution < 1.29 is 9.18 Å². The van der Waals surface area contributed by atoms with Crippen LogP contribution in [-0.4, -0.2) is 10.9 Å². The highest BCUT2D eigenvalue weighted by molar-refractivity contribution is 7.99. The number of nitrogens with zero attached hydrogens (tertiary/aromatic N) is 2. The van der Waals surface area contributed by atoms with E-state index < -0.39 is 0 Å². The van der Waals surface area contributed by atoms with E-state index in [1.54, 1.807) is 29.3 Å². The second-order valence-corrected chi connectivity index (χ2v) is 6.58. The van der Waals surface area contributed by atoms with Crippen LogP contribution in [0, 0.1) is 12.7 Å². The topological polar surface area (TPSA) is 33.2 Å². The average molecular weight is 336 g/mol. The molecule has 1 aromatic heterocycles. The van der Waals surface area contributed by atoms with Gasteiger partial charge in [0, 0.05) is 16.8 Å². The molecule has 4 rings (SSSR count). The number of pyridine rings is 1. The Kier molecular flexibility index (Phi) is 3.58. The molecule has 1 aliphatic rings. The van der Waals surface area contributed by atoms with Crippen LogP contribution in [0.1, 0.15) is 15.9 Å². The molecule has 118 valence electrons. The van der Waals surface area contributed by atoms with Crippen molar-refractivity contribution >= 4 is 29.0 Å². The minimum Gasteiger partial charge on any atom is -0.276 e. The summed E-state index contributed by atoms with van der Waals surface area (Å²) in [6, 6.07) is 15.6. The molecule has 3 nitrogen and oxygen atoms in total. The number of aryl methyl sites for hydroxylation is 1. The zero-order valence-electron chi connectivity index (χ0n) is 12.9. The largest absolute Gasteiger partial charge is 0.276 e. The van der Waals surface area contributed by atoms with Crippen LogP contribution in [0.25, 0.3) is 0 Å². The van der Waals surface area contributed by atoms with Gasteiger partial charge in [0.25, 0.3) is 5.91 Å². The van der Waals surface area contributed by atoms with Gasteiger partial charge in [-0.2, -0.15) is 0 Å². The van der Waals surface area contributed by atoms with Crippen molar-refractivity contribution in [2.45, 2.75) is 16.8 Å².